The van der Waals surface area contributed by atoms with Crippen molar-refractivity contribution in [2.75, 3.05) is 0 Å². The lowest BCUT2D eigenvalue weighted by atomic mass is 9.90. The number of halogens is 2. The molecule has 0 N–H and O–H groups in total. The predicted octanol–water partition coefficient (Wildman–Crippen LogP) is 7.70. The van der Waals surface area contributed by atoms with Crippen LogP contribution in [0.25, 0.3) is 33.0 Å². The fourth-order valence-corrected chi connectivity index (χ4v) is 4.43. The molecule has 0 nitrogen and oxygen atoms in total. The van der Waals surface area contributed by atoms with E-state index in [1.807, 2.05) is 0 Å². The van der Waals surface area contributed by atoms with E-state index in [9.17, 15) is 0 Å². The van der Waals surface area contributed by atoms with Gasteiger partial charge < -0.3 is 0 Å². The summed E-state index contributed by atoms with van der Waals surface area (Å²) in [5.74, 6) is 0. The van der Waals surface area contributed by atoms with Crippen molar-refractivity contribution in [3.63, 3.8) is 0 Å². The van der Waals surface area contributed by atoms with Gasteiger partial charge in [0.25, 0.3) is 0 Å². The van der Waals surface area contributed by atoms with Crippen molar-refractivity contribution in [2.24, 2.45) is 0 Å². The van der Waals surface area contributed by atoms with Gasteiger partial charge in [0, 0.05) is 8.95 Å². The Kier molecular flexibility index (Phi) is 4.26. The number of hydrogen-bond acceptors (Lipinski definition) is 0. The molecule has 0 unspecified atom stereocenters. The molecule has 4 aromatic rings. The third kappa shape index (κ3) is 2.92. The van der Waals surface area contributed by atoms with E-state index in [2.05, 4.69) is 117 Å². The number of rotatable bonds is 2. The maximum atomic E-state index is 3.61. The zero-order valence-corrected chi connectivity index (χ0v) is 16.0. The van der Waals surface area contributed by atoms with Gasteiger partial charge in [-0.15, -0.1) is 0 Å². The highest BCUT2D eigenvalue weighted by molar-refractivity contribution is 9.11. The van der Waals surface area contributed by atoms with Gasteiger partial charge in [-0.25, -0.2) is 0 Å². The molecule has 0 spiro atoms. The van der Waals surface area contributed by atoms with Crippen LogP contribution in [0.1, 0.15) is 0 Å². The largest absolute Gasteiger partial charge is 0.0622 e. The third-order valence-corrected chi connectivity index (χ3v) is 5.08. The van der Waals surface area contributed by atoms with Gasteiger partial charge in [0.1, 0.15) is 0 Å². The van der Waals surface area contributed by atoms with Crippen LogP contribution in [0.5, 0.6) is 0 Å². The molecule has 0 bridgehead atoms. The lowest BCUT2D eigenvalue weighted by molar-refractivity contribution is 1.56. The maximum absolute atomic E-state index is 3.61. The minimum absolute atomic E-state index is 1.07. The van der Waals surface area contributed by atoms with E-state index in [0.29, 0.717) is 0 Å². The number of fused-ring (bicyclic) bond motifs is 1. The molecule has 0 radical (unpaired) electrons. The molecular weight excluding hydrogens is 424 g/mol. The van der Waals surface area contributed by atoms with Crippen molar-refractivity contribution >= 4 is 42.6 Å². The van der Waals surface area contributed by atoms with Crippen molar-refractivity contribution in [3.8, 4) is 22.3 Å². The van der Waals surface area contributed by atoms with E-state index in [1.165, 1.54) is 33.0 Å². The lowest BCUT2D eigenvalue weighted by Gasteiger charge is -2.15. The van der Waals surface area contributed by atoms with Gasteiger partial charge in [-0.05, 0) is 51.2 Å². The summed E-state index contributed by atoms with van der Waals surface area (Å²) in [5.41, 5.74) is 4.95. The minimum atomic E-state index is 1.07. The Morgan fingerprint density at radius 1 is 0.542 bits per heavy atom. The van der Waals surface area contributed by atoms with Crippen molar-refractivity contribution < 1.29 is 0 Å². The summed E-state index contributed by atoms with van der Waals surface area (Å²) in [5, 5.41) is 2.53. The Labute approximate surface area is 158 Å². The van der Waals surface area contributed by atoms with Gasteiger partial charge in [0.05, 0.1) is 0 Å². The molecule has 0 aromatic heterocycles. The lowest BCUT2D eigenvalue weighted by Crippen LogP contribution is -1.88. The van der Waals surface area contributed by atoms with Gasteiger partial charge in [0.2, 0.25) is 0 Å². The van der Waals surface area contributed by atoms with Gasteiger partial charge in [-0.3, -0.25) is 0 Å². The standard InChI is InChI=1S/C22H14Br2/c23-18-12-17(13-19(24)14-18)21-11-10-15-6-4-5-9-20(15)22(21)16-7-2-1-3-8-16/h1-14H. The topological polar surface area (TPSA) is 0 Å². The summed E-state index contributed by atoms with van der Waals surface area (Å²) in [4.78, 5) is 0. The van der Waals surface area contributed by atoms with E-state index in [1.54, 1.807) is 0 Å². The van der Waals surface area contributed by atoms with Gasteiger partial charge in [-0.1, -0.05) is 98.6 Å². The van der Waals surface area contributed by atoms with Crippen LogP contribution in [-0.4, -0.2) is 0 Å². The van der Waals surface area contributed by atoms with E-state index < -0.39 is 0 Å². The van der Waals surface area contributed by atoms with Crippen LogP contribution in [0.3, 0.4) is 0 Å². The van der Waals surface area contributed by atoms with Crippen LogP contribution in [0, 0.1) is 0 Å². The zero-order chi connectivity index (χ0) is 16.5. The zero-order valence-electron chi connectivity index (χ0n) is 12.8. The highest BCUT2D eigenvalue weighted by atomic mass is 79.9. The van der Waals surface area contributed by atoms with Crippen LogP contribution in [0.4, 0.5) is 0 Å². The molecule has 0 aliphatic carbocycles. The van der Waals surface area contributed by atoms with Crippen LogP contribution >= 0.6 is 31.9 Å². The molecule has 0 atom stereocenters. The summed E-state index contributed by atoms with van der Waals surface area (Å²) in [6.07, 6.45) is 0. The molecule has 0 heterocycles. The van der Waals surface area contributed by atoms with Crippen LogP contribution < -0.4 is 0 Å². The molecule has 0 aliphatic heterocycles. The van der Waals surface area contributed by atoms with Crippen LogP contribution in [0.2, 0.25) is 0 Å². The molecule has 0 amide bonds. The SMILES string of the molecule is Brc1cc(Br)cc(-c2ccc3ccccc3c2-c2ccccc2)c1. The first-order valence-electron chi connectivity index (χ1n) is 7.76. The summed E-state index contributed by atoms with van der Waals surface area (Å²) in [6.45, 7) is 0. The van der Waals surface area contributed by atoms with E-state index in [-0.39, 0.29) is 0 Å². The summed E-state index contributed by atoms with van der Waals surface area (Å²) < 4.78 is 2.14. The highest BCUT2D eigenvalue weighted by Crippen LogP contribution is 2.39. The first kappa shape index (κ1) is 15.6. The van der Waals surface area contributed by atoms with Crippen LogP contribution in [-0.2, 0) is 0 Å². The second-order valence-corrected chi connectivity index (χ2v) is 7.56. The van der Waals surface area contributed by atoms with Gasteiger partial charge >= 0.3 is 0 Å². The van der Waals surface area contributed by atoms with Crippen LogP contribution in [0.15, 0.2) is 93.9 Å². The average molecular weight is 438 g/mol. The van der Waals surface area contributed by atoms with Crippen molar-refractivity contribution in [1.29, 1.82) is 0 Å². The smallest absolute Gasteiger partial charge is 0.0192 e. The Bertz CT molecular complexity index is 1000. The maximum Gasteiger partial charge on any atom is 0.0192 e. The van der Waals surface area contributed by atoms with Crippen molar-refractivity contribution in [1.82, 2.24) is 0 Å². The fourth-order valence-electron chi connectivity index (χ4n) is 3.14. The Balaban J connectivity index is 2.09. The third-order valence-electron chi connectivity index (χ3n) is 4.17. The van der Waals surface area contributed by atoms with Gasteiger partial charge in [0.15, 0.2) is 0 Å². The summed E-state index contributed by atoms with van der Waals surface area (Å²) in [7, 11) is 0. The Morgan fingerprint density at radius 2 is 1.21 bits per heavy atom. The molecule has 0 saturated heterocycles. The van der Waals surface area contributed by atoms with E-state index in [4.69, 9.17) is 0 Å². The number of benzene rings is 4. The first-order chi connectivity index (χ1) is 11.7. The summed E-state index contributed by atoms with van der Waals surface area (Å²) >= 11 is 7.22. The van der Waals surface area contributed by atoms with E-state index >= 15 is 0 Å². The molecule has 4 aromatic carbocycles. The van der Waals surface area contributed by atoms with Gasteiger partial charge in [-0.2, -0.15) is 0 Å². The predicted molar refractivity (Wildman–Crippen MR) is 110 cm³/mol. The number of hydrogen-bond donors (Lipinski definition) is 0. The second-order valence-electron chi connectivity index (χ2n) is 5.73. The molecule has 4 rings (SSSR count). The van der Waals surface area contributed by atoms with E-state index in [0.717, 1.165) is 8.95 Å². The molecular formula is C22H14Br2. The van der Waals surface area contributed by atoms with Crippen molar-refractivity contribution in [2.45, 2.75) is 0 Å². The molecule has 24 heavy (non-hydrogen) atoms. The fraction of sp³-hybridized carbons (Fsp3) is 0. The average Bonchev–Trinajstić information content (AvgIpc) is 2.60. The molecule has 0 saturated carbocycles. The molecule has 2 heteroatoms. The summed E-state index contributed by atoms with van der Waals surface area (Å²) in [6, 6.07) is 30.0. The molecule has 0 fully saturated rings. The quantitative estimate of drug-likeness (QED) is 0.301. The monoisotopic (exact) mass is 436 g/mol. The second kappa shape index (κ2) is 6.54. The first-order valence-corrected chi connectivity index (χ1v) is 9.34. The Morgan fingerprint density at radius 3 is 1.96 bits per heavy atom. The normalized spacial score (nSPS) is 10.9. The molecule has 116 valence electrons. The Hall–Kier alpha value is -1.90. The molecule has 0 aliphatic rings. The van der Waals surface area contributed by atoms with Crippen molar-refractivity contribution in [3.05, 3.63) is 93.9 Å². The minimum Gasteiger partial charge on any atom is -0.0622 e. The highest BCUT2D eigenvalue weighted by Gasteiger charge is 2.12.